The number of hydrogen-bond donors (Lipinski definition) is 2. The third-order valence-electron chi connectivity index (χ3n) is 2.42. The molecule has 0 radical (unpaired) electrons. The molecule has 0 fully saturated rings. The molecular formula is C12H8ClN3O4. The van der Waals surface area contributed by atoms with Crippen molar-refractivity contribution in [2.24, 2.45) is 0 Å². The van der Waals surface area contributed by atoms with E-state index in [0.29, 0.717) is 0 Å². The smallest absolute Gasteiger partial charge is 0.311 e. The standard InChI is InChI=1S/C12H8ClN3O4/c13-10-6-5-8(16(19)20)11(14-10)15-12(18)7-3-1-2-4-9(7)17/h1-6,17H,(H,14,15,18). The largest absolute Gasteiger partial charge is 0.507 e. The maximum atomic E-state index is 11.9. The first kappa shape index (κ1) is 13.8. The average molecular weight is 294 g/mol. The number of carbonyl (C=O) groups excluding carboxylic acids is 1. The molecule has 0 bridgehead atoms. The van der Waals surface area contributed by atoms with Gasteiger partial charge in [-0.3, -0.25) is 14.9 Å². The van der Waals surface area contributed by atoms with Crippen LogP contribution in [0.15, 0.2) is 36.4 Å². The number of phenols is 1. The Balaban J connectivity index is 2.35. The first-order chi connectivity index (χ1) is 9.49. The highest BCUT2D eigenvalue weighted by Gasteiger charge is 2.19. The zero-order valence-corrected chi connectivity index (χ0v) is 10.7. The second-order valence-corrected chi connectivity index (χ2v) is 4.12. The summed E-state index contributed by atoms with van der Waals surface area (Å²) in [5.74, 6) is -1.24. The number of amides is 1. The fraction of sp³-hybridized carbons (Fsp3) is 0. The summed E-state index contributed by atoms with van der Waals surface area (Å²) < 4.78 is 0. The number of phenolic OH excluding ortho intramolecular Hbond substituents is 1. The monoisotopic (exact) mass is 293 g/mol. The van der Waals surface area contributed by atoms with Crippen molar-refractivity contribution >= 4 is 29.0 Å². The van der Waals surface area contributed by atoms with Crippen LogP contribution >= 0.6 is 11.6 Å². The lowest BCUT2D eigenvalue weighted by Gasteiger charge is -2.06. The molecule has 0 aliphatic carbocycles. The van der Waals surface area contributed by atoms with Crippen molar-refractivity contribution in [2.45, 2.75) is 0 Å². The molecule has 0 atom stereocenters. The molecule has 0 saturated carbocycles. The normalized spacial score (nSPS) is 10.1. The Hall–Kier alpha value is -2.67. The second kappa shape index (κ2) is 5.54. The minimum Gasteiger partial charge on any atom is -0.507 e. The molecular weight excluding hydrogens is 286 g/mol. The van der Waals surface area contributed by atoms with Crippen molar-refractivity contribution in [1.82, 2.24) is 4.98 Å². The van der Waals surface area contributed by atoms with Crippen molar-refractivity contribution in [2.75, 3.05) is 5.32 Å². The predicted octanol–water partition coefficient (Wildman–Crippen LogP) is 2.60. The molecule has 0 aliphatic heterocycles. The van der Waals surface area contributed by atoms with Crippen LogP contribution in [0.2, 0.25) is 5.15 Å². The number of nitrogens with zero attached hydrogens (tertiary/aromatic N) is 2. The van der Waals surface area contributed by atoms with Gasteiger partial charge in [0.2, 0.25) is 5.82 Å². The number of aromatic nitrogens is 1. The molecule has 2 N–H and O–H groups in total. The van der Waals surface area contributed by atoms with E-state index < -0.39 is 16.5 Å². The van der Waals surface area contributed by atoms with E-state index in [-0.39, 0.29) is 22.3 Å². The fourth-order valence-corrected chi connectivity index (χ4v) is 1.66. The van der Waals surface area contributed by atoms with Gasteiger partial charge < -0.3 is 10.4 Å². The van der Waals surface area contributed by atoms with Gasteiger partial charge in [0.15, 0.2) is 0 Å². The number of anilines is 1. The highest BCUT2D eigenvalue weighted by molar-refractivity contribution is 6.29. The second-order valence-electron chi connectivity index (χ2n) is 3.73. The molecule has 1 amide bonds. The van der Waals surface area contributed by atoms with Crippen molar-refractivity contribution < 1.29 is 14.8 Å². The summed E-state index contributed by atoms with van der Waals surface area (Å²) in [5, 5.41) is 22.6. The third-order valence-corrected chi connectivity index (χ3v) is 2.63. The van der Waals surface area contributed by atoms with Gasteiger partial charge in [0, 0.05) is 6.07 Å². The Labute approximate surface area is 118 Å². The lowest BCUT2D eigenvalue weighted by Crippen LogP contribution is -2.14. The molecule has 0 unspecified atom stereocenters. The highest BCUT2D eigenvalue weighted by atomic mass is 35.5. The summed E-state index contributed by atoms with van der Waals surface area (Å²) in [6, 6.07) is 8.18. The maximum absolute atomic E-state index is 11.9. The molecule has 1 heterocycles. The molecule has 1 aromatic heterocycles. The van der Waals surface area contributed by atoms with Gasteiger partial charge in [0.25, 0.3) is 5.91 Å². The molecule has 0 spiro atoms. The number of benzene rings is 1. The number of hydrogen-bond acceptors (Lipinski definition) is 5. The minimum atomic E-state index is -0.721. The maximum Gasteiger partial charge on any atom is 0.311 e. The summed E-state index contributed by atoms with van der Waals surface area (Å²) in [5.41, 5.74) is -0.415. The summed E-state index contributed by atoms with van der Waals surface area (Å²) in [4.78, 5) is 25.8. The van der Waals surface area contributed by atoms with Crippen LogP contribution in [-0.4, -0.2) is 20.9 Å². The Bertz CT molecular complexity index is 690. The van der Waals surface area contributed by atoms with Gasteiger partial charge in [-0.1, -0.05) is 23.7 Å². The molecule has 7 nitrogen and oxygen atoms in total. The van der Waals surface area contributed by atoms with Gasteiger partial charge in [-0.05, 0) is 18.2 Å². The number of halogens is 1. The Kier molecular flexibility index (Phi) is 3.81. The van der Waals surface area contributed by atoms with E-state index in [4.69, 9.17) is 11.6 Å². The van der Waals surface area contributed by atoms with Crippen LogP contribution in [0.3, 0.4) is 0 Å². The van der Waals surface area contributed by atoms with Crippen LogP contribution in [0.4, 0.5) is 11.5 Å². The number of aromatic hydroxyl groups is 1. The van der Waals surface area contributed by atoms with Gasteiger partial charge in [0.05, 0.1) is 10.5 Å². The van der Waals surface area contributed by atoms with Crippen molar-refractivity contribution in [3.05, 3.63) is 57.2 Å². The van der Waals surface area contributed by atoms with Gasteiger partial charge in [-0.25, -0.2) is 4.98 Å². The molecule has 2 aromatic rings. The zero-order chi connectivity index (χ0) is 14.7. The van der Waals surface area contributed by atoms with Crippen molar-refractivity contribution in [1.29, 1.82) is 0 Å². The van der Waals surface area contributed by atoms with Gasteiger partial charge >= 0.3 is 5.69 Å². The van der Waals surface area contributed by atoms with Gasteiger partial charge in [0.1, 0.15) is 10.9 Å². The Morgan fingerprint density at radius 3 is 2.65 bits per heavy atom. The summed E-state index contributed by atoms with van der Waals surface area (Å²) in [6.07, 6.45) is 0. The molecule has 20 heavy (non-hydrogen) atoms. The number of para-hydroxylation sites is 1. The van der Waals surface area contributed by atoms with E-state index >= 15 is 0 Å². The molecule has 0 saturated heterocycles. The molecule has 0 aliphatic rings. The minimum absolute atomic E-state index is 0.00295. The van der Waals surface area contributed by atoms with E-state index in [1.807, 2.05) is 0 Å². The van der Waals surface area contributed by atoms with E-state index in [0.717, 1.165) is 6.07 Å². The van der Waals surface area contributed by atoms with Crippen LogP contribution in [-0.2, 0) is 0 Å². The van der Waals surface area contributed by atoms with Gasteiger partial charge in [-0.2, -0.15) is 0 Å². The summed E-state index contributed by atoms with van der Waals surface area (Å²) in [6.45, 7) is 0. The summed E-state index contributed by atoms with van der Waals surface area (Å²) >= 11 is 5.65. The molecule has 1 aromatic carbocycles. The Morgan fingerprint density at radius 1 is 1.30 bits per heavy atom. The van der Waals surface area contributed by atoms with Crippen LogP contribution < -0.4 is 5.32 Å². The number of nitrogens with one attached hydrogen (secondary N) is 1. The first-order valence-electron chi connectivity index (χ1n) is 5.39. The van der Waals surface area contributed by atoms with E-state index in [1.54, 1.807) is 12.1 Å². The van der Waals surface area contributed by atoms with Crippen molar-refractivity contribution in [3.63, 3.8) is 0 Å². The molecule has 102 valence electrons. The van der Waals surface area contributed by atoms with E-state index in [1.165, 1.54) is 18.2 Å². The van der Waals surface area contributed by atoms with Crippen LogP contribution in [0.1, 0.15) is 10.4 Å². The quantitative estimate of drug-likeness (QED) is 0.514. The third kappa shape index (κ3) is 2.83. The SMILES string of the molecule is O=C(Nc1nc(Cl)ccc1[N+](=O)[O-])c1ccccc1O. The molecule has 2 rings (SSSR count). The topological polar surface area (TPSA) is 105 Å². The number of rotatable bonds is 3. The number of pyridine rings is 1. The fourth-order valence-electron chi connectivity index (χ4n) is 1.51. The number of nitro groups is 1. The Morgan fingerprint density at radius 2 is 2.00 bits per heavy atom. The zero-order valence-electron chi connectivity index (χ0n) is 9.91. The average Bonchev–Trinajstić information content (AvgIpc) is 2.38. The van der Waals surface area contributed by atoms with Gasteiger partial charge in [-0.15, -0.1) is 0 Å². The highest BCUT2D eigenvalue weighted by Crippen LogP contribution is 2.25. The predicted molar refractivity (Wildman–Crippen MR) is 72.0 cm³/mol. The summed E-state index contributed by atoms with van der Waals surface area (Å²) in [7, 11) is 0. The van der Waals surface area contributed by atoms with E-state index in [2.05, 4.69) is 10.3 Å². The van der Waals surface area contributed by atoms with Crippen LogP contribution in [0, 0.1) is 10.1 Å². The number of carbonyl (C=O) groups is 1. The lowest BCUT2D eigenvalue weighted by atomic mass is 10.2. The van der Waals surface area contributed by atoms with E-state index in [9.17, 15) is 20.0 Å². The van der Waals surface area contributed by atoms with Crippen molar-refractivity contribution in [3.8, 4) is 5.75 Å². The van der Waals surface area contributed by atoms with Crippen LogP contribution in [0.25, 0.3) is 0 Å². The van der Waals surface area contributed by atoms with Crippen LogP contribution in [0.5, 0.6) is 5.75 Å². The first-order valence-corrected chi connectivity index (χ1v) is 5.77. The molecule has 8 heteroatoms. The lowest BCUT2D eigenvalue weighted by molar-refractivity contribution is -0.384.